The van der Waals surface area contributed by atoms with E-state index in [1.54, 1.807) is 15.9 Å². The van der Waals surface area contributed by atoms with Gasteiger partial charge < -0.3 is 9.72 Å². The highest BCUT2D eigenvalue weighted by atomic mass is 19.2. The van der Waals surface area contributed by atoms with Gasteiger partial charge in [0.15, 0.2) is 11.6 Å². The van der Waals surface area contributed by atoms with Crippen LogP contribution < -0.4 is 10.6 Å². The molecule has 4 heterocycles. The first-order valence-electron chi connectivity index (χ1n) is 12.9. The summed E-state index contributed by atoms with van der Waals surface area (Å²) in [5.41, 5.74) is 4.31. The lowest BCUT2D eigenvalue weighted by molar-refractivity contribution is -0.144. The SMILES string of the molecule is CCN1C[C@@H](NC(=O)Nc2c(C)c(-c3ccn4ccnc4c3)nn2-c2ccccc2)[C@H](c2ccc(F)c(F)c2)O1. The third kappa shape index (κ3) is 4.80. The first-order chi connectivity index (χ1) is 19.4. The molecular formula is C29H27F2N7O2. The quantitative estimate of drug-likeness (QED) is 0.305. The van der Waals surface area contributed by atoms with Crippen LogP contribution in [0.2, 0.25) is 0 Å². The van der Waals surface area contributed by atoms with E-state index in [9.17, 15) is 13.6 Å². The number of rotatable bonds is 6. The van der Waals surface area contributed by atoms with Gasteiger partial charge in [0, 0.05) is 42.8 Å². The number of carbonyl (C=O) groups is 1. The van der Waals surface area contributed by atoms with E-state index in [4.69, 9.17) is 9.94 Å². The van der Waals surface area contributed by atoms with E-state index in [1.165, 1.54) is 6.07 Å². The van der Waals surface area contributed by atoms with Crippen molar-refractivity contribution in [1.29, 1.82) is 0 Å². The highest BCUT2D eigenvalue weighted by Gasteiger charge is 2.36. The average molecular weight is 544 g/mol. The number of likely N-dealkylation sites (N-methyl/N-ethyl adjacent to an activating group) is 1. The number of nitrogens with zero attached hydrogens (tertiary/aromatic N) is 5. The lowest BCUT2D eigenvalue weighted by Crippen LogP contribution is -2.42. The number of amides is 2. The number of benzene rings is 2. The molecule has 3 aromatic heterocycles. The van der Waals surface area contributed by atoms with Crippen LogP contribution in [0.15, 0.2) is 79.3 Å². The molecule has 2 atom stereocenters. The van der Waals surface area contributed by atoms with Crippen LogP contribution in [0.3, 0.4) is 0 Å². The van der Waals surface area contributed by atoms with Gasteiger partial charge in [0.05, 0.1) is 17.4 Å². The summed E-state index contributed by atoms with van der Waals surface area (Å²) in [5, 5.41) is 12.5. The minimum atomic E-state index is -0.970. The Bertz CT molecular complexity index is 1680. The molecule has 9 nitrogen and oxygen atoms in total. The van der Waals surface area contributed by atoms with Crippen LogP contribution in [0.5, 0.6) is 0 Å². The first kappa shape index (κ1) is 25.7. The molecule has 204 valence electrons. The zero-order valence-corrected chi connectivity index (χ0v) is 21.9. The van der Waals surface area contributed by atoms with Crippen molar-refractivity contribution in [2.45, 2.75) is 26.0 Å². The van der Waals surface area contributed by atoms with Crippen LogP contribution in [-0.4, -0.2) is 49.4 Å². The molecule has 0 spiro atoms. The maximum absolute atomic E-state index is 14.0. The fraction of sp³-hybridized carbons (Fsp3) is 0.207. The van der Waals surface area contributed by atoms with Crippen molar-refractivity contribution >= 4 is 17.5 Å². The predicted octanol–water partition coefficient (Wildman–Crippen LogP) is 5.27. The highest BCUT2D eigenvalue weighted by Crippen LogP contribution is 2.32. The number of hydrogen-bond acceptors (Lipinski definition) is 5. The fourth-order valence-corrected chi connectivity index (χ4v) is 4.94. The maximum Gasteiger partial charge on any atom is 0.320 e. The summed E-state index contributed by atoms with van der Waals surface area (Å²) < 4.78 is 31.1. The Morgan fingerprint density at radius 2 is 1.90 bits per heavy atom. The number of hydrogen-bond donors (Lipinski definition) is 2. The number of urea groups is 1. The number of halogens is 2. The zero-order valence-electron chi connectivity index (χ0n) is 21.9. The maximum atomic E-state index is 14.0. The van der Waals surface area contributed by atoms with Crippen LogP contribution in [0.25, 0.3) is 22.6 Å². The largest absolute Gasteiger partial charge is 0.331 e. The summed E-state index contributed by atoms with van der Waals surface area (Å²) in [6, 6.07) is 16.0. The Hall–Kier alpha value is -4.61. The number of aromatic nitrogens is 4. The highest BCUT2D eigenvalue weighted by molar-refractivity contribution is 5.91. The van der Waals surface area contributed by atoms with Crippen LogP contribution in [0.1, 0.15) is 24.2 Å². The molecule has 2 aromatic carbocycles. The monoisotopic (exact) mass is 543 g/mol. The summed E-state index contributed by atoms with van der Waals surface area (Å²) >= 11 is 0. The molecule has 0 aliphatic carbocycles. The Morgan fingerprint density at radius 3 is 2.67 bits per heavy atom. The van der Waals surface area contributed by atoms with Crippen LogP contribution in [0.4, 0.5) is 19.4 Å². The number of pyridine rings is 1. The third-order valence-electron chi connectivity index (χ3n) is 7.00. The minimum Gasteiger partial charge on any atom is -0.331 e. The van der Waals surface area contributed by atoms with Gasteiger partial charge in [0.25, 0.3) is 0 Å². The lowest BCUT2D eigenvalue weighted by atomic mass is 10.0. The number of para-hydroxylation sites is 1. The Balaban J connectivity index is 1.31. The second-order valence-corrected chi connectivity index (χ2v) is 9.56. The number of hydroxylamine groups is 2. The van der Waals surface area contributed by atoms with Crippen molar-refractivity contribution in [3.63, 3.8) is 0 Å². The minimum absolute atomic E-state index is 0.375. The van der Waals surface area contributed by atoms with Crippen molar-refractivity contribution in [3.8, 4) is 16.9 Å². The average Bonchev–Trinajstić information content (AvgIpc) is 3.68. The van der Waals surface area contributed by atoms with E-state index in [1.807, 2.05) is 73.1 Å². The first-order valence-corrected chi connectivity index (χ1v) is 12.9. The Labute approximate surface area is 229 Å². The van der Waals surface area contributed by atoms with E-state index in [-0.39, 0.29) is 0 Å². The summed E-state index contributed by atoms with van der Waals surface area (Å²) in [5.74, 6) is -1.41. The molecule has 0 unspecified atom stereocenters. The predicted molar refractivity (Wildman–Crippen MR) is 146 cm³/mol. The van der Waals surface area contributed by atoms with Crippen molar-refractivity contribution in [2.24, 2.45) is 0 Å². The molecule has 1 aliphatic heterocycles. The molecule has 0 radical (unpaired) electrons. The second-order valence-electron chi connectivity index (χ2n) is 9.56. The summed E-state index contributed by atoms with van der Waals surface area (Å²) in [4.78, 5) is 23.7. The van der Waals surface area contributed by atoms with Gasteiger partial charge in [0.1, 0.15) is 17.6 Å². The number of fused-ring (bicyclic) bond motifs is 1. The Morgan fingerprint density at radius 1 is 1.07 bits per heavy atom. The van der Waals surface area contributed by atoms with E-state index >= 15 is 0 Å². The van der Waals surface area contributed by atoms with E-state index in [2.05, 4.69) is 15.6 Å². The molecule has 1 fully saturated rings. The normalized spacial score (nSPS) is 17.4. The molecule has 1 aliphatic rings. The van der Waals surface area contributed by atoms with E-state index < -0.39 is 29.8 Å². The van der Waals surface area contributed by atoms with Gasteiger partial charge in [0.2, 0.25) is 0 Å². The Kier molecular flexibility index (Phi) is 6.74. The molecular weight excluding hydrogens is 516 g/mol. The van der Waals surface area contributed by atoms with Crippen molar-refractivity contribution in [1.82, 2.24) is 29.5 Å². The van der Waals surface area contributed by atoms with Gasteiger partial charge in [-0.05, 0) is 48.9 Å². The fourth-order valence-electron chi connectivity index (χ4n) is 4.94. The van der Waals surface area contributed by atoms with Gasteiger partial charge in [-0.2, -0.15) is 10.2 Å². The molecule has 40 heavy (non-hydrogen) atoms. The van der Waals surface area contributed by atoms with Crippen molar-refractivity contribution in [2.75, 3.05) is 18.4 Å². The van der Waals surface area contributed by atoms with E-state index in [0.29, 0.717) is 30.2 Å². The summed E-state index contributed by atoms with van der Waals surface area (Å²) in [7, 11) is 0. The standard InChI is InChI=1S/C29H27F2N7O2/c1-3-37-17-24(27(40-37)20-9-10-22(30)23(31)15-20)33-29(39)34-28-18(2)26(35-38(28)21-7-5-4-6-8-21)19-11-13-36-14-12-32-25(36)16-19/h4-16,24,27H,3,17H2,1-2H3,(H2,33,34,39)/t24-,27+/m1/s1. The molecule has 0 saturated carbocycles. The number of anilines is 1. The molecule has 11 heteroatoms. The number of carbonyl (C=O) groups excluding carboxylic acids is 1. The van der Waals surface area contributed by atoms with Gasteiger partial charge in [-0.3, -0.25) is 10.2 Å². The molecule has 0 bridgehead atoms. The smallest absolute Gasteiger partial charge is 0.320 e. The lowest BCUT2D eigenvalue weighted by Gasteiger charge is -2.20. The zero-order chi connectivity index (χ0) is 27.8. The van der Waals surface area contributed by atoms with Crippen LogP contribution >= 0.6 is 0 Å². The van der Waals surface area contributed by atoms with Gasteiger partial charge in [-0.25, -0.2) is 23.2 Å². The van der Waals surface area contributed by atoms with Crippen molar-refractivity contribution in [3.05, 3.63) is 102 Å². The molecule has 1 saturated heterocycles. The topological polar surface area (TPSA) is 88.7 Å². The van der Waals surface area contributed by atoms with Crippen molar-refractivity contribution < 1.29 is 18.4 Å². The summed E-state index contributed by atoms with van der Waals surface area (Å²) in [6.07, 6.45) is 4.83. The van der Waals surface area contributed by atoms with E-state index in [0.717, 1.165) is 34.6 Å². The number of nitrogens with one attached hydrogen (secondary N) is 2. The summed E-state index contributed by atoms with van der Waals surface area (Å²) in [6.45, 7) is 4.74. The number of imidazole rings is 1. The molecule has 2 amide bonds. The van der Waals surface area contributed by atoms with Gasteiger partial charge in [-0.1, -0.05) is 31.2 Å². The second kappa shape index (κ2) is 10.5. The molecule has 2 N–H and O–H groups in total. The van der Waals surface area contributed by atoms with Gasteiger partial charge >= 0.3 is 6.03 Å². The third-order valence-corrected chi connectivity index (χ3v) is 7.00. The van der Waals surface area contributed by atoms with Crippen LogP contribution in [0, 0.1) is 18.6 Å². The van der Waals surface area contributed by atoms with Gasteiger partial charge in [-0.15, -0.1) is 0 Å². The van der Waals surface area contributed by atoms with Crippen LogP contribution in [-0.2, 0) is 4.84 Å². The molecule has 6 rings (SSSR count). The molecule has 5 aromatic rings.